The van der Waals surface area contributed by atoms with Crippen molar-refractivity contribution < 1.29 is 13.9 Å². The minimum Gasteiger partial charge on any atom is -0.493 e. The summed E-state index contributed by atoms with van der Waals surface area (Å²) in [5.74, 6) is 3.01. The first kappa shape index (κ1) is 25.5. The van der Waals surface area contributed by atoms with Gasteiger partial charge in [-0.3, -0.25) is 4.79 Å². The molecule has 10 heteroatoms. The highest BCUT2D eigenvalue weighted by molar-refractivity contribution is 7.09. The molecule has 200 valence electrons. The molecule has 2 aliphatic heterocycles. The monoisotopic (exact) mass is 555 g/mol. The number of hydrogen-bond donors (Lipinski definition) is 0. The maximum absolute atomic E-state index is 14.8. The number of hydrogen-bond acceptors (Lipinski definition) is 7. The highest BCUT2D eigenvalue weighted by Crippen LogP contribution is 2.49. The first-order valence-electron chi connectivity index (χ1n) is 13.4. The lowest BCUT2D eigenvalue weighted by Crippen LogP contribution is -2.36. The standard InChI is InChI=1S/C28H31ClFN5O2S/c29-21-14-31-28(32-15-21)34-7-3-18(4-8-34)23-11-19(23)6-10-37-22-2-1-20(24(30)13-22)12-27(36)35-9-5-26-25(16-35)33-17-38-26/h1-2,13-15,17-19,23H,3-12,16H2/t19-,23?/m1/s1. The molecule has 1 saturated heterocycles. The number of thiazole rings is 1. The Balaban J connectivity index is 0.921. The van der Waals surface area contributed by atoms with Gasteiger partial charge >= 0.3 is 0 Å². The number of benzene rings is 1. The summed E-state index contributed by atoms with van der Waals surface area (Å²) in [5, 5.41) is 0.559. The second-order valence-electron chi connectivity index (χ2n) is 10.5. The molecule has 1 unspecified atom stereocenters. The number of nitrogens with zero attached hydrogens (tertiary/aromatic N) is 5. The number of aromatic nitrogens is 3. The summed E-state index contributed by atoms with van der Waals surface area (Å²) in [5.41, 5.74) is 3.20. The quantitative estimate of drug-likeness (QED) is 0.382. The minimum absolute atomic E-state index is 0.0539. The van der Waals surface area contributed by atoms with Gasteiger partial charge in [0.25, 0.3) is 0 Å². The zero-order chi connectivity index (χ0) is 26.1. The maximum atomic E-state index is 14.8. The van der Waals surface area contributed by atoms with Crippen LogP contribution >= 0.6 is 22.9 Å². The predicted octanol–water partition coefficient (Wildman–Crippen LogP) is 5.17. The van der Waals surface area contributed by atoms with Crippen molar-refractivity contribution in [2.45, 2.75) is 45.1 Å². The molecule has 1 aliphatic carbocycles. The highest BCUT2D eigenvalue weighted by Gasteiger charge is 2.43. The molecule has 0 N–H and O–H groups in total. The Hall–Kier alpha value is -2.78. The lowest BCUT2D eigenvalue weighted by Gasteiger charge is -2.32. The molecule has 1 aromatic carbocycles. The fraction of sp³-hybridized carbons (Fsp3) is 0.500. The van der Waals surface area contributed by atoms with E-state index in [9.17, 15) is 9.18 Å². The predicted molar refractivity (Wildman–Crippen MR) is 145 cm³/mol. The number of halogens is 2. The summed E-state index contributed by atoms with van der Waals surface area (Å²) in [6.07, 6.45) is 8.72. The fourth-order valence-electron chi connectivity index (χ4n) is 5.88. The molecule has 0 spiro atoms. The second-order valence-corrected chi connectivity index (χ2v) is 11.9. The van der Waals surface area contributed by atoms with Gasteiger partial charge in [0.15, 0.2) is 0 Å². The summed E-state index contributed by atoms with van der Waals surface area (Å²) < 4.78 is 20.6. The van der Waals surface area contributed by atoms with Crippen molar-refractivity contribution in [3.8, 4) is 5.75 Å². The Morgan fingerprint density at radius 2 is 1.97 bits per heavy atom. The number of piperidine rings is 1. The number of rotatable bonds is 8. The number of carbonyl (C=O) groups excluding carboxylic acids is 1. The van der Waals surface area contributed by atoms with Crippen molar-refractivity contribution in [3.05, 3.63) is 63.1 Å². The third-order valence-corrected chi connectivity index (χ3v) is 9.29. The van der Waals surface area contributed by atoms with Crippen LogP contribution in [0.1, 0.15) is 41.8 Å². The van der Waals surface area contributed by atoms with E-state index in [0.29, 0.717) is 41.9 Å². The Morgan fingerprint density at radius 1 is 1.16 bits per heavy atom. The van der Waals surface area contributed by atoms with Crippen LogP contribution in [0.3, 0.4) is 0 Å². The van der Waals surface area contributed by atoms with Crippen molar-refractivity contribution in [1.29, 1.82) is 0 Å². The van der Waals surface area contributed by atoms with Crippen LogP contribution in [0.25, 0.3) is 0 Å². The fourth-order valence-corrected chi connectivity index (χ4v) is 6.74. The van der Waals surface area contributed by atoms with Crippen molar-refractivity contribution in [2.24, 2.45) is 17.8 Å². The smallest absolute Gasteiger partial charge is 0.227 e. The zero-order valence-electron chi connectivity index (χ0n) is 21.2. The van der Waals surface area contributed by atoms with Crippen molar-refractivity contribution in [1.82, 2.24) is 19.9 Å². The Bertz CT molecular complexity index is 1280. The van der Waals surface area contributed by atoms with Gasteiger partial charge in [-0.25, -0.2) is 19.3 Å². The summed E-state index contributed by atoms with van der Waals surface area (Å²) in [7, 11) is 0. The molecule has 2 aromatic heterocycles. The maximum Gasteiger partial charge on any atom is 0.227 e. The molecule has 3 aromatic rings. The van der Waals surface area contributed by atoms with Gasteiger partial charge in [0.05, 0.1) is 48.2 Å². The summed E-state index contributed by atoms with van der Waals surface area (Å²) in [6.45, 7) is 3.71. The molecule has 38 heavy (non-hydrogen) atoms. The van der Waals surface area contributed by atoms with E-state index in [2.05, 4.69) is 19.9 Å². The molecule has 4 heterocycles. The third kappa shape index (κ3) is 5.78. The van der Waals surface area contributed by atoms with Crippen LogP contribution in [0.5, 0.6) is 5.75 Å². The molecule has 6 rings (SSSR count). The van der Waals surface area contributed by atoms with E-state index >= 15 is 0 Å². The molecule has 7 nitrogen and oxygen atoms in total. The van der Waals surface area contributed by atoms with E-state index in [1.165, 1.54) is 17.4 Å². The topological polar surface area (TPSA) is 71.5 Å². The lowest BCUT2D eigenvalue weighted by atomic mass is 9.90. The van der Waals surface area contributed by atoms with Gasteiger partial charge in [0.1, 0.15) is 11.6 Å². The van der Waals surface area contributed by atoms with Crippen molar-refractivity contribution >= 4 is 34.8 Å². The third-order valence-electron chi connectivity index (χ3n) is 8.16. The van der Waals surface area contributed by atoms with Gasteiger partial charge < -0.3 is 14.5 Å². The largest absolute Gasteiger partial charge is 0.493 e. The van der Waals surface area contributed by atoms with E-state index < -0.39 is 0 Å². The van der Waals surface area contributed by atoms with E-state index in [-0.39, 0.29) is 18.1 Å². The van der Waals surface area contributed by atoms with Crippen LogP contribution < -0.4 is 9.64 Å². The van der Waals surface area contributed by atoms with Crippen LogP contribution in [0.2, 0.25) is 5.02 Å². The van der Waals surface area contributed by atoms with Gasteiger partial charge in [0, 0.05) is 37.0 Å². The van der Waals surface area contributed by atoms with Gasteiger partial charge in [-0.2, -0.15) is 0 Å². The molecule has 2 fully saturated rings. The first-order chi connectivity index (χ1) is 18.5. The number of amides is 1. The van der Waals surface area contributed by atoms with E-state index in [1.807, 2.05) is 5.51 Å². The molecule has 0 radical (unpaired) electrons. The van der Waals surface area contributed by atoms with Crippen LogP contribution in [0, 0.1) is 23.6 Å². The van der Waals surface area contributed by atoms with E-state index in [1.54, 1.807) is 40.8 Å². The van der Waals surface area contributed by atoms with Crippen LogP contribution in [-0.4, -0.2) is 52.0 Å². The van der Waals surface area contributed by atoms with Crippen LogP contribution in [0.4, 0.5) is 10.3 Å². The summed E-state index contributed by atoms with van der Waals surface area (Å²) in [6, 6.07) is 4.87. The molecular formula is C28H31ClFN5O2S. The highest BCUT2D eigenvalue weighted by atomic mass is 35.5. The minimum atomic E-state index is -0.386. The van der Waals surface area contributed by atoms with Gasteiger partial charge in [-0.1, -0.05) is 17.7 Å². The summed E-state index contributed by atoms with van der Waals surface area (Å²) in [4.78, 5) is 31.0. The van der Waals surface area contributed by atoms with Crippen LogP contribution in [0.15, 0.2) is 36.1 Å². The normalized spacial score (nSPS) is 21.3. The molecular weight excluding hydrogens is 525 g/mol. The Morgan fingerprint density at radius 3 is 2.76 bits per heavy atom. The molecule has 1 saturated carbocycles. The second kappa shape index (κ2) is 11.1. The Kier molecular flexibility index (Phi) is 7.48. The SMILES string of the molecule is O=C(Cc1ccc(OCC[C@@H]2CC2C2CCN(c3ncc(Cl)cn3)CC2)cc1F)N1CCc2scnc2C1. The molecule has 0 bridgehead atoms. The number of ether oxygens (including phenoxy) is 1. The lowest BCUT2D eigenvalue weighted by molar-refractivity contribution is -0.131. The average Bonchev–Trinajstić information content (AvgIpc) is 3.55. The number of carbonyl (C=O) groups is 1. The van der Waals surface area contributed by atoms with E-state index in [0.717, 1.165) is 62.3 Å². The number of anilines is 1. The van der Waals surface area contributed by atoms with Gasteiger partial charge in [-0.15, -0.1) is 11.3 Å². The molecule has 2 atom stereocenters. The van der Waals surface area contributed by atoms with Gasteiger partial charge in [-0.05, 0) is 55.1 Å². The van der Waals surface area contributed by atoms with Crippen LogP contribution in [-0.2, 0) is 24.2 Å². The molecule has 1 amide bonds. The van der Waals surface area contributed by atoms with Crippen molar-refractivity contribution in [2.75, 3.05) is 31.1 Å². The first-order valence-corrected chi connectivity index (χ1v) is 14.6. The Labute approximate surface area is 231 Å². The zero-order valence-corrected chi connectivity index (χ0v) is 22.8. The summed E-state index contributed by atoms with van der Waals surface area (Å²) >= 11 is 7.54. The molecule has 3 aliphatic rings. The number of fused-ring (bicyclic) bond motifs is 1. The average molecular weight is 556 g/mol. The van der Waals surface area contributed by atoms with E-state index in [4.69, 9.17) is 16.3 Å². The van der Waals surface area contributed by atoms with Gasteiger partial charge in [0.2, 0.25) is 11.9 Å². The van der Waals surface area contributed by atoms with Crippen molar-refractivity contribution in [3.63, 3.8) is 0 Å².